The van der Waals surface area contributed by atoms with Crippen molar-refractivity contribution < 1.29 is 22.5 Å². The molecule has 2 saturated heterocycles. The smallest absolute Gasteiger partial charge is 0.293 e. The number of halogens is 2. The van der Waals surface area contributed by atoms with Crippen LogP contribution >= 0.6 is 11.6 Å². The molecule has 1 amide bonds. The molecule has 3 aliphatic rings. The molecule has 6 aromatic rings. The molecular weight excluding hydrogens is 859 g/mol. The van der Waals surface area contributed by atoms with Gasteiger partial charge in [0.05, 0.1) is 26.6 Å². The summed E-state index contributed by atoms with van der Waals surface area (Å²) in [5.74, 6) is -0.943. The standard InChI is InChI=1S/C46H50ClFN10O5S/c1-45(2)13-11-32(37(26-45)30-3-5-33(47)6-4-30)28-55-19-21-56(22-20-55)34-7-9-36(40(24-34)57-41-23-31-12-16-50-43(31)53-39(41)27-52-57)44(59)54-64(62,63)35-8-10-38(42(25-35)58(60)61)51-29-46(48)14-17-49-18-15-46/h3-10,12,16,23-25,27,49,51-52H,11,13-15,17-22,26,28-29H2,1-2H3,(H,54,59). The van der Waals surface area contributed by atoms with E-state index in [2.05, 4.69) is 66.2 Å². The molecule has 3 aromatic heterocycles. The quantitative estimate of drug-likeness (QED) is 0.0693. The second kappa shape index (κ2) is 17.3. The molecule has 0 atom stereocenters. The van der Waals surface area contributed by atoms with E-state index in [1.165, 1.54) is 22.8 Å². The number of fused-ring (bicyclic) bond motifs is 2. The van der Waals surface area contributed by atoms with Gasteiger partial charge in [0, 0.05) is 73.8 Å². The Morgan fingerprint density at radius 1 is 0.984 bits per heavy atom. The highest BCUT2D eigenvalue weighted by Crippen LogP contribution is 2.43. The summed E-state index contributed by atoms with van der Waals surface area (Å²) in [5, 5.41) is 22.8. The molecule has 5 heterocycles. The van der Waals surface area contributed by atoms with Crippen LogP contribution in [0, 0.1) is 15.5 Å². The van der Waals surface area contributed by atoms with E-state index in [1.54, 1.807) is 29.2 Å². The van der Waals surface area contributed by atoms with Gasteiger partial charge in [-0.3, -0.25) is 29.6 Å². The molecule has 0 unspecified atom stereocenters. The van der Waals surface area contributed by atoms with E-state index in [0.29, 0.717) is 35.5 Å². The molecule has 0 bridgehead atoms. The van der Waals surface area contributed by atoms with Crippen LogP contribution in [0.2, 0.25) is 5.02 Å². The molecule has 1 aliphatic carbocycles. The summed E-state index contributed by atoms with van der Waals surface area (Å²) in [6.45, 7) is 9.39. The lowest BCUT2D eigenvalue weighted by Crippen LogP contribution is -2.47. The van der Waals surface area contributed by atoms with Crippen LogP contribution < -0.4 is 20.3 Å². The Bertz CT molecular complexity index is 2900. The normalized spacial score (nSPS) is 18.1. The molecule has 64 heavy (non-hydrogen) atoms. The molecular formula is C46H50ClFN10O5S. The van der Waals surface area contributed by atoms with Crippen molar-refractivity contribution in [3.8, 4) is 5.69 Å². The number of nitrogens with zero attached hydrogens (tertiary/aromatic N) is 6. The number of benzene rings is 3. The largest absolute Gasteiger partial charge is 0.376 e. The van der Waals surface area contributed by atoms with Gasteiger partial charge in [-0.05, 0) is 116 Å². The third kappa shape index (κ3) is 9.07. The van der Waals surface area contributed by atoms with Crippen LogP contribution in [0.5, 0.6) is 0 Å². The molecule has 2 fully saturated rings. The predicted octanol–water partition coefficient (Wildman–Crippen LogP) is 7.87. The number of anilines is 2. The molecule has 4 N–H and O–H groups in total. The van der Waals surface area contributed by atoms with Crippen LogP contribution in [-0.4, -0.2) is 102 Å². The summed E-state index contributed by atoms with van der Waals surface area (Å²) in [7, 11) is -4.64. The van der Waals surface area contributed by atoms with Crippen molar-refractivity contribution in [2.75, 3.05) is 62.6 Å². The van der Waals surface area contributed by atoms with Crippen molar-refractivity contribution >= 4 is 72.2 Å². The van der Waals surface area contributed by atoms with Crippen molar-refractivity contribution in [3.05, 3.63) is 117 Å². The molecule has 15 nitrogen and oxygen atoms in total. The van der Waals surface area contributed by atoms with Gasteiger partial charge < -0.3 is 15.5 Å². The van der Waals surface area contributed by atoms with Crippen LogP contribution in [0.25, 0.3) is 33.3 Å². The van der Waals surface area contributed by atoms with Gasteiger partial charge in [0.1, 0.15) is 16.9 Å². The van der Waals surface area contributed by atoms with Crippen LogP contribution in [0.1, 0.15) is 61.9 Å². The first-order valence-electron chi connectivity index (χ1n) is 21.5. The third-order valence-electron chi connectivity index (χ3n) is 12.9. The van der Waals surface area contributed by atoms with Crippen LogP contribution in [-0.2, 0) is 10.0 Å². The van der Waals surface area contributed by atoms with Crippen LogP contribution in [0.15, 0.2) is 95.7 Å². The highest BCUT2D eigenvalue weighted by molar-refractivity contribution is 7.90. The molecule has 0 spiro atoms. The van der Waals surface area contributed by atoms with Gasteiger partial charge in [0.25, 0.3) is 21.6 Å². The van der Waals surface area contributed by atoms with Crippen LogP contribution in [0.4, 0.5) is 21.5 Å². The number of H-pyrrole nitrogens is 1. The number of sulfonamides is 1. The summed E-state index contributed by atoms with van der Waals surface area (Å²) in [5.41, 5.74) is 5.17. The Kier molecular flexibility index (Phi) is 11.7. The number of carbonyl (C=O) groups is 1. The number of pyridine rings is 1. The number of piperidine rings is 1. The van der Waals surface area contributed by atoms with Crippen LogP contribution in [0.3, 0.4) is 0 Å². The SMILES string of the molecule is CC1(C)CCC(CN2CCN(c3ccc(C(=O)NS(=O)(=O)c4ccc(NCC5(F)CCNCC5)c([N+](=O)[O-])c4)c(-n4[nH]cc5nc6nccc6cc54)c3)CC2)=C(c2ccc(Cl)cc2)C1. The van der Waals surface area contributed by atoms with Crippen molar-refractivity contribution in [1.29, 1.82) is 0 Å². The first-order chi connectivity index (χ1) is 30.6. The zero-order valence-electron chi connectivity index (χ0n) is 35.7. The lowest BCUT2D eigenvalue weighted by Gasteiger charge is -2.39. The summed E-state index contributed by atoms with van der Waals surface area (Å²) in [6.07, 6.45) is 7.00. The van der Waals surface area contributed by atoms with E-state index in [0.717, 1.165) is 80.2 Å². The summed E-state index contributed by atoms with van der Waals surface area (Å²) >= 11 is 6.25. The Hall–Kier alpha value is -5.88. The minimum Gasteiger partial charge on any atom is -0.376 e. The number of nitro benzene ring substituents is 1. The number of nitrogens with one attached hydrogen (secondary N) is 4. The van der Waals surface area contributed by atoms with Crippen molar-refractivity contribution in [2.24, 2.45) is 5.41 Å². The van der Waals surface area contributed by atoms with Gasteiger partial charge in [0.2, 0.25) is 0 Å². The van der Waals surface area contributed by atoms with Crippen molar-refractivity contribution in [2.45, 2.75) is 56.5 Å². The lowest BCUT2D eigenvalue weighted by molar-refractivity contribution is -0.384. The zero-order valence-corrected chi connectivity index (χ0v) is 37.2. The maximum Gasteiger partial charge on any atom is 0.293 e. The third-order valence-corrected chi connectivity index (χ3v) is 14.4. The number of allylic oxidation sites excluding steroid dienone is 1. The lowest BCUT2D eigenvalue weighted by atomic mass is 9.72. The fraction of sp³-hybridized carbons (Fsp3) is 0.370. The Labute approximate surface area is 375 Å². The number of hydrogen-bond acceptors (Lipinski definition) is 11. The summed E-state index contributed by atoms with van der Waals surface area (Å²) < 4.78 is 46.8. The first kappa shape index (κ1) is 43.4. The average molecular weight is 909 g/mol. The zero-order chi connectivity index (χ0) is 44.8. The summed E-state index contributed by atoms with van der Waals surface area (Å²) in [4.78, 5) is 38.8. The number of carbonyl (C=O) groups excluding carboxylic acids is 1. The Morgan fingerprint density at radius 2 is 1.75 bits per heavy atom. The maximum atomic E-state index is 15.3. The molecule has 3 aromatic carbocycles. The minimum atomic E-state index is -4.64. The van der Waals surface area contributed by atoms with E-state index in [9.17, 15) is 23.3 Å². The van der Waals surface area contributed by atoms with Crippen molar-refractivity contribution in [1.82, 2.24) is 34.7 Å². The fourth-order valence-corrected chi connectivity index (χ4v) is 10.2. The first-order valence-corrected chi connectivity index (χ1v) is 23.4. The highest BCUT2D eigenvalue weighted by atomic mass is 35.5. The van der Waals surface area contributed by atoms with Crippen molar-refractivity contribution in [3.63, 3.8) is 0 Å². The average Bonchev–Trinajstić information content (AvgIpc) is 3.92. The fourth-order valence-electron chi connectivity index (χ4n) is 9.13. The number of aromatic nitrogens is 4. The second-order valence-electron chi connectivity index (χ2n) is 17.9. The number of hydrogen-bond donors (Lipinski definition) is 4. The van der Waals surface area contributed by atoms with Gasteiger partial charge >= 0.3 is 0 Å². The van der Waals surface area contributed by atoms with Gasteiger partial charge in [-0.1, -0.05) is 43.2 Å². The monoisotopic (exact) mass is 908 g/mol. The molecule has 0 saturated carbocycles. The maximum absolute atomic E-state index is 15.3. The van der Waals surface area contributed by atoms with E-state index in [1.807, 2.05) is 30.3 Å². The summed E-state index contributed by atoms with van der Waals surface area (Å²) in [6, 6.07) is 20.4. The molecule has 9 rings (SSSR count). The number of nitro groups is 1. The number of amides is 1. The predicted molar refractivity (Wildman–Crippen MR) is 248 cm³/mol. The molecule has 0 radical (unpaired) electrons. The minimum absolute atomic E-state index is 0.0277. The Balaban J connectivity index is 0.977. The van der Waals surface area contributed by atoms with E-state index >= 15 is 4.39 Å². The number of alkyl halides is 1. The molecule has 18 heteroatoms. The number of aromatic amines is 1. The topological polar surface area (TPSA) is 183 Å². The highest BCUT2D eigenvalue weighted by Gasteiger charge is 2.34. The van der Waals surface area contributed by atoms with E-state index in [-0.39, 0.29) is 36.1 Å². The molecule has 334 valence electrons. The number of piperazine rings is 1. The van der Waals surface area contributed by atoms with Gasteiger partial charge in [-0.2, -0.15) is 0 Å². The van der Waals surface area contributed by atoms with Gasteiger partial charge in [-0.15, -0.1) is 0 Å². The van der Waals surface area contributed by atoms with Gasteiger partial charge in [-0.25, -0.2) is 27.5 Å². The Morgan fingerprint density at radius 3 is 2.50 bits per heavy atom. The van der Waals surface area contributed by atoms with E-state index in [4.69, 9.17) is 11.6 Å². The number of rotatable bonds is 12. The molecule has 2 aliphatic heterocycles. The van der Waals surface area contributed by atoms with Gasteiger partial charge in [0.15, 0.2) is 5.65 Å². The second-order valence-corrected chi connectivity index (χ2v) is 20.0. The van der Waals surface area contributed by atoms with E-state index < -0.39 is 37.1 Å².